The fourth-order valence-corrected chi connectivity index (χ4v) is 22.5. The SMILES string of the molecule is CC(SCSC1CSC1)C(SCSC1CSC1)(SCSC1CSC1)SCSC1CSC1. The molecule has 4 rings (SSSR count). The van der Waals surface area contributed by atoms with Crippen molar-refractivity contribution in [1.29, 1.82) is 0 Å². The van der Waals surface area contributed by atoms with Gasteiger partial charge in [0.2, 0.25) is 0 Å². The highest BCUT2D eigenvalue weighted by atomic mass is 32.3. The second-order valence-electron chi connectivity index (χ2n) is 7.62. The summed E-state index contributed by atoms with van der Waals surface area (Å²) in [6.45, 7) is 2.55. The summed E-state index contributed by atoms with van der Waals surface area (Å²) < 4.78 is 0.303. The molecular weight excluding hydrogens is 613 g/mol. The molecule has 0 aromatic heterocycles. The van der Waals surface area contributed by atoms with Crippen molar-refractivity contribution >= 4 is 141 Å². The summed E-state index contributed by atoms with van der Waals surface area (Å²) in [4.78, 5) is 0. The Morgan fingerprint density at radius 3 is 1.19 bits per heavy atom. The molecule has 4 fully saturated rings. The Kier molecular flexibility index (Phi) is 14.2. The van der Waals surface area contributed by atoms with Gasteiger partial charge >= 0.3 is 0 Å². The lowest BCUT2D eigenvalue weighted by molar-refractivity contribution is 1.03. The van der Waals surface area contributed by atoms with Gasteiger partial charge < -0.3 is 0 Å². The van der Waals surface area contributed by atoms with Crippen LogP contribution in [0.5, 0.6) is 0 Å². The fourth-order valence-electron chi connectivity index (χ4n) is 2.70. The average molecular weight is 645 g/mol. The molecule has 4 aliphatic rings. The highest BCUT2D eigenvalue weighted by Crippen LogP contribution is 2.57. The third kappa shape index (κ3) is 9.47. The van der Waals surface area contributed by atoms with Gasteiger partial charge in [-0.05, 0) is 0 Å². The zero-order valence-electron chi connectivity index (χ0n) is 17.8. The summed E-state index contributed by atoms with van der Waals surface area (Å²) in [5.41, 5.74) is 0. The lowest BCUT2D eigenvalue weighted by atomic mass is 10.5. The van der Waals surface area contributed by atoms with E-state index in [1.165, 1.54) is 66.4 Å². The van der Waals surface area contributed by atoms with Gasteiger partial charge in [0.05, 0.1) is 0 Å². The molecule has 1 atom stereocenters. The first kappa shape index (κ1) is 28.2. The normalized spacial score (nSPS) is 24.3. The van der Waals surface area contributed by atoms with Gasteiger partial charge in [0, 0.05) is 92.6 Å². The van der Waals surface area contributed by atoms with Crippen molar-refractivity contribution in [1.82, 2.24) is 0 Å². The van der Waals surface area contributed by atoms with Crippen LogP contribution in [0.3, 0.4) is 0 Å². The number of thioether (sulfide) groups is 12. The first-order valence-corrected chi connectivity index (χ1v) is 23.4. The molecule has 0 aliphatic carbocycles. The van der Waals surface area contributed by atoms with E-state index in [2.05, 4.69) is 148 Å². The summed E-state index contributed by atoms with van der Waals surface area (Å²) in [5, 5.41) is 9.48. The Labute approximate surface area is 241 Å². The average Bonchev–Trinajstić information content (AvgIpc) is 2.62. The van der Waals surface area contributed by atoms with Crippen LogP contribution in [0.25, 0.3) is 0 Å². The van der Waals surface area contributed by atoms with Crippen molar-refractivity contribution in [3.05, 3.63) is 0 Å². The van der Waals surface area contributed by atoms with Gasteiger partial charge in [-0.3, -0.25) is 0 Å². The smallest absolute Gasteiger partial charge is 0.121 e. The van der Waals surface area contributed by atoms with Crippen LogP contribution in [0.4, 0.5) is 0 Å². The molecule has 0 aromatic rings. The third-order valence-corrected chi connectivity index (χ3v) is 25.1. The molecule has 0 aromatic carbocycles. The van der Waals surface area contributed by atoms with Crippen molar-refractivity contribution in [2.75, 3.05) is 66.4 Å². The molecule has 0 bridgehead atoms. The highest BCUT2D eigenvalue weighted by molar-refractivity contribution is 8.41. The Balaban J connectivity index is 1.31. The molecule has 1 unspecified atom stereocenters. The largest absolute Gasteiger partial charge is 0.160 e. The van der Waals surface area contributed by atoms with Gasteiger partial charge in [-0.25, -0.2) is 0 Å². The van der Waals surface area contributed by atoms with Crippen molar-refractivity contribution in [2.45, 2.75) is 36.6 Å². The van der Waals surface area contributed by atoms with Crippen LogP contribution < -0.4 is 0 Å². The minimum absolute atomic E-state index is 0.303. The summed E-state index contributed by atoms with van der Waals surface area (Å²) >= 11 is 26.6. The number of hydrogen-bond acceptors (Lipinski definition) is 12. The molecule has 0 amide bonds. The molecule has 0 N–H and O–H groups in total. The van der Waals surface area contributed by atoms with Crippen molar-refractivity contribution in [3.8, 4) is 0 Å². The first-order chi connectivity index (χ1) is 15.2. The molecule has 0 saturated carbocycles. The van der Waals surface area contributed by atoms with Crippen LogP contribution in [0.1, 0.15) is 6.92 Å². The molecule has 4 saturated heterocycles. The van der Waals surface area contributed by atoms with E-state index in [0.29, 0.717) is 8.66 Å². The van der Waals surface area contributed by atoms with Crippen LogP contribution in [0.15, 0.2) is 0 Å². The van der Waals surface area contributed by atoms with E-state index < -0.39 is 0 Å². The van der Waals surface area contributed by atoms with Gasteiger partial charge in [-0.2, -0.15) is 47.0 Å². The topological polar surface area (TPSA) is 0 Å². The zero-order chi connectivity index (χ0) is 21.4. The summed E-state index contributed by atoms with van der Waals surface area (Å²) in [6, 6.07) is 0. The van der Waals surface area contributed by atoms with E-state index in [0.717, 1.165) is 21.0 Å². The maximum Gasteiger partial charge on any atom is 0.121 e. The van der Waals surface area contributed by atoms with Gasteiger partial charge in [-0.1, -0.05) is 6.92 Å². The van der Waals surface area contributed by atoms with Gasteiger partial charge in [0.25, 0.3) is 0 Å². The monoisotopic (exact) mass is 644 g/mol. The van der Waals surface area contributed by atoms with Crippen LogP contribution in [-0.4, -0.2) is 96.0 Å². The molecule has 0 nitrogen and oxygen atoms in total. The standard InChI is InChI=1S/C19H32S12/c1-14(24-10-25-15-2-20-3-15)19(29-11-26-16-4-21-5-16,30-12-27-17-6-22-7-17)31-13-28-18-8-23-9-18/h14-18H,2-13H2,1H3. The van der Waals surface area contributed by atoms with Crippen LogP contribution in [-0.2, 0) is 0 Å². The van der Waals surface area contributed by atoms with Crippen LogP contribution in [0, 0.1) is 0 Å². The lowest BCUT2D eigenvalue weighted by Gasteiger charge is -2.39. The van der Waals surface area contributed by atoms with Gasteiger partial charge in [-0.15, -0.1) is 94.1 Å². The maximum atomic E-state index is 2.55. The Morgan fingerprint density at radius 2 is 0.903 bits per heavy atom. The zero-order valence-corrected chi connectivity index (χ0v) is 27.6. The van der Waals surface area contributed by atoms with Crippen LogP contribution >= 0.6 is 141 Å². The molecule has 4 aliphatic heterocycles. The maximum absolute atomic E-state index is 2.55. The molecule has 0 spiro atoms. The summed E-state index contributed by atoms with van der Waals surface area (Å²) in [6.07, 6.45) is 0. The predicted octanol–water partition coefficient (Wildman–Crippen LogP) is 8.19. The predicted molar refractivity (Wildman–Crippen MR) is 177 cm³/mol. The van der Waals surface area contributed by atoms with E-state index in [1.807, 2.05) is 0 Å². The van der Waals surface area contributed by atoms with Crippen molar-refractivity contribution < 1.29 is 0 Å². The summed E-state index contributed by atoms with van der Waals surface area (Å²) in [5.74, 6) is 11.0. The number of rotatable bonds is 17. The van der Waals surface area contributed by atoms with Gasteiger partial charge in [0.1, 0.15) is 3.41 Å². The van der Waals surface area contributed by atoms with E-state index >= 15 is 0 Å². The molecule has 12 heteroatoms. The first-order valence-electron chi connectivity index (χ1n) is 10.5. The molecule has 0 radical (unpaired) electrons. The minimum atomic E-state index is 0.303. The Hall–Kier alpha value is 4.20. The van der Waals surface area contributed by atoms with Crippen molar-refractivity contribution in [3.63, 3.8) is 0 Å². The Bertz CT molecular complexity index is 456. The molecule has 4 heterocycles. The summed E-state index contributed by atoms with van der Waals surface area (Å²) in [7, 11) is 0. The highest BCUT2D eigenvalue weighted by Gasteiger charge is 2.40. The Morgan fingerprint density at radius 1 is 0.581 bits per heavy atom. The fraction of sp³-hybridized carbons (Fsp3) is 1.00. The third-order valence-electron chi connectivity index (χ3n) is 5.24. The lowest BCUT2D eigenvalue weighted by Crippen LogP contribution is -2.31. The number of hydrogen-bond donors (Lipinski definition) is 0. The van der Waals surface area contributed by atoms with Crippen molar-refractivity contribution in [2.24, 2.45) is 0 Å². The second-order valence-corrected chi connectivity index (χ2v) is 24.3. The van der Waals surface area contributed by atoms with E-state index in [4.69, 9.17) is 0 Å². The van der Waals surface area contributed by atoms with E-state index in [-0.39, 0.29) is 0 Å². The van der Waals surface area contributed by atoms with Crippen LogP contribution in [0.2, 0.25) is 0 Å². The molecule has 31 heavy (non-hydrogen) atoms. The quantitative estimate of drug-likeness (QED) is 0.140. The minimum Gasteiger partial charge on any atom is -0.160 e. The molecular formula is C19H32S12. The van der Waals surface area contributed by atoms with Gasteiger partial charge in [0.15, 0.2) is 0 Å². The van der Waals surface area contributed by atoms with E-state index in [9.17, 15) is 0 Å². The van der Waals surface area contributed by atoms with E-state index in [1.54, 1.807) is 0 Å². The second kappa shape index (κ2) is 15.6. The molecule has 180 valence electrons.